The zero-order valence-electron chi connectivity index (χ0n) is 12.6. The van der Waals surface area contributed by atoms with E-state index in [4.69, 9.17) is 0 Å². The van der Waals surface area contributed by atoms with Gasteiger partial charge < -0.3 is 10.1 Å². The zero-order chi connectivity index (χ0) is 16.7. The number of aromatic hydroxyl groups is 1. The maximum absolute atomic E-state index is 12.3. The molecule has 24 heavy (non-hydrogen) atoms. The first-order chi connectivity index (χ1) is 11.6. The molecule has 0 saturated carbocycles. The number of benzene rings is 1. The molecule has 0 unspecified atom stereocenters. The minimum Gasteiger partial charge on any atom is -0.508 e. The van der Waals surface area contributed by atoms with Gasteiger partial charge in [-0.3, -0.25) is 19.9 Å². The van der Waals surface area contributed by atoms with Crippen molar-refractivity contribution in [2.75, 3.05) is 5.32 Å². The Balaban J connectivity index is 1.56. The fourth-order valence-corrected chi connectivity index (χ4v) is 2.40. The first-order valence-corrected chi connectivity index (χ1v) is 7.13. The van der Waals surface area contributed by atoms with Gasteiger partial charge in [-0.05, 0) is 18.2 Å². The Hall–Kier alpha value is -3.62. The normalized spacial score (nSPS) is 11.0. The number of fused-ring (bicyclic) bond motifs is 1. The first-order valence-electron chi connectivity index (χ1n) is 7.13. The van der Waals surface area contributed by atoms with Gasteiger partial charge >= 0.3 is 0 Å². The molecule has 0 bridgehead atoms. The molecule has 120 valence electrons. The number of nitrogens with one attached hydrogen (secondary N) is 3. The summed E-state index contributed by atoms with van der Waals surface area (Å²) in [7, 11) is 1.80. The highest BCUT2D eigenvalue weighted by molar-refractivity contribution is 6.05. The van der Waals surface area contributed by atoms with E-state index in [2.05, 4.69) is 30.6 Å². The Morgan fingerprint density at radius 2 is 2.21 bits per heavy atom. The van der Waals surface area contributed by atoms with E-state index >= 15 is 0 Å². The minimum atomic E-state index is -0.373. The van der Waals surface area contributed by atoms with Gasteiger partial charge in [0, 0.05) is 30.2 Å². The fourth-order valence-electron chi connectivity index (χ4n) is 2.40. The molecule has 3 heterocycles. The molecule has 4 aromatic rings. The van der Waals surface area contributed by atoms with E-state index in [-0.39, 0.29) is 17.6 Å². The quantitative estimate of drug-likeness (QED) is 0.456. The van der Waals surface area contributed by atoms with Crippen LogP contribution in [0.1, 0.15) is 10.5 Å². The molecule has 1 amide bonds. The predicted molar refractivity (Wildman–Crippen MR) is 86.5 cm³/mol. The predicted octanol–water partition coefficient (Wildman–Crippen LogP) is 1.64. The van der Waals surface area contributed by atoms with Crippen molar-refractivity contribution in [1.82, 2.24) is 29.9 Å². The van der Waals surface area contributed by atoms with Crippen LogP contribution in [0, 0.1) is 0 Å². The first kappa shape index (κ1) is 14.0. The molecule has 4 N–H and O–H groups in total. The van der Waals surface area contributed by atoms with Crippen LogP contribution in [0.15, 0.2) is 36.7 Å². The second-order valence-corrected chi connectivity index (χ2v) is 5.32. The third kappa shape index (κ3) is 2.47. The number of aromatic amines is 2. The minimum absolute atomic E-state index is 0.131. The monoisotopic (exact) mass is 323 g/mol. The summed E-state index contributed by atoms with van der Waals surface area (Å²) in [4.78, 5) is 19.5. The fraction of sp³-hybridized carbons (Fsp3) is 0.0667. The molecule has 0 aliphatic carbocycles. The second kappa shape index (κ2) is 5.23. The molecule has 0 saturated heterocycles. The van der Waals surface area contributed by atoms with Gasteiger partial charge in [0.15, 0.2) is 5.82 Å². The standard InChI is InChI=1S/C15H13N7O2/c1-22-7-9(6-16-22)13-18-15(21-20-13)19-14(24)12-4-8-2-3-10(23)5-11(8)17-12/h2-7,17,23H,1H3,(H2,18,19,20,21,24). The number of carbonyl (C=O) groups is 1. The van der Waals surface area contributed by atoms with Crippen LogP contribution in [0.3, 0.4) is 0 Å². The highest BCUT2D eigenvalue weighted by Gasteiger charge is 2.14. The van der Waals surface area contributed by atoms with Crippen LogP contribution in [0.2, 0.25) is 0 Å². The van der Waals surface area contributed by atoms with Crippen molar-refractivity contribution in [3.8, 4) is 17.1 Å². The number of nitrogens with zero attached hydrogens (tertiary/aromatic N) is 4. The van der Waals surface area contributed by atoms with Crippen LogP contribution >= 0.6 is 0 Å². The van der Waals surface area contributed by atoms with Gasteiger partial charge in [-0.1, -0.05) is 0 Å². The van der Waals surface area contributed by atoms with Crippen molar-refractivity contribution in [2.24, 2.45) is 7.05 Å². The van der Waals surface area contributed by atoms with Gasteiger partial charge in [0.25, 0.3) is 5.91 Å². The van der Waals surface area contributed by atoms with Crippen LogP contribution in [-0.2, 0) is 7.05 Å². The van der Waals surface area contributed by atoms with Crippen LogP contribution in [0.25, 0.3) is 22.3 Å². The number of phenols is 1. The van der Waals surface area contributed by atoms with Crippen LogP contribution in [0.5, 0.6) is 5.75 Å². The van der Waals surface area contributed by atoms with Gasteiger partial charge in [-0.25, -0.2) is 0 Å². The third-order valence-corrected chi connectivity index (χ3v) is 3.54. The molecule has 0 radical (unpaired) electrons. The topological polar surface area (TPSA) is 125 Å². The molecule has 0 atom stereocenters. The summed E-state index contributed by atoms with van der Waals surface area (Å²) >= 11 is 0. The average molecular weight is 323 g/mol. The number of amides is 1. The number of H-pyrrole nitrogens is 2. The second-order valence-electron chi connectivity index (χ2n) is 5.32. The van der Waals surface area contributed by atoms with Crippen LogP contribution < -0.4 is 5.32 Å². The van der Waals surface area contributed by atoms with Crippen molar-refractivity contribution in [3.63, 3.8) is 0 Å². The Morgan fingerprint density at radius 3 is 3.00 bits per heavy atom. The lowest BCUT2D eigenvalue weighted by atomic mass is 10.2. The number of hydrogen-bond donors (Lipinski definition) is 4. The summed E-state index contributed by atoms with van der Waals surface area (Å²) in [6.45, 7) is 0. The van der Waals surface area contributed by atoms with Crippen molar-refractivity contribution in [3.05, 3.63) is 42.4 Å². The van der Waals surface area contributed by atoms with E-state index in [0.29, 0.717) is 17.0 Å². The van der Waals surface area contributed by atoms with Gasteiger partial charge in [-0.2, -0.15) is 10.1 Å². The van der Waals surface area contributed by atoms with E-state index in [1.807, 2.05) is 0 Å². The van der Waals surface area contributed by atoms with E-state index in [0.717, 1.165) is 10.9 Å². The molecule has 0 aliphatic rings. The highest BCUT2D eigenvalue weighted by atomic mass is 16.3. The Labute approximate surface area is 135 Å². The summed E-state index contributed by atoms with van der Waals surface area (Å²) in [6.07, 6.45) is 3.44. The maximum atomic E-state index is 12.3. The Bertz CT molecular complexity index is 1040. The number of hydrogen-bond acceptors (Lipinski definition) is 5. The number of rotatable bonds is 3. The van der Waals surface area contributed by atoms with Gasteiger partial charge in [0.05, 0.1) is 11.8 Å². The molecule has 9 heteroatoms. The number of anilines is 1. The molecule has 3 aromatic heterocycles. The lowest BCUT2D eigenvalue weighted by Gasteiger charge is -1.97. The van der Waals surface area contributed by atoms with Crippen molar-refractivity contribution < 1.29 is 9.90 Å². The van der Waals surface area contributed by atoms with Gasteiger partial charge in [0.2, 0.25) is 5.95 Å². The summed E-state index contributed by atoms with van der Waals surface area (Å²) in [6, 6.07) is 6.54. The number of phenolic OH excluding ortho intramolecular Hbond substituents is 1. The largest absolute Gasteiger partial charge is 0.508 e. The lowest BCUT2D eigenvalue weighted by Crippen LogP contribution is -2.13. The molecule has 0 fully saturated rings. The number of carbonyl (C=O) groups excluding carboxylic acids is 1. The molecule has 1 aromatic carbocycles. The molecular formula is C15H13N7O2. The van der Waals surface area contributed by atoms with Crippen LogP contribution in [-0.4, -0.2) is 41.0 Å². The molecule has 4 rings (SSSR count). The molecular weight excluding hydrogens is 310 g/mol. The summed E-state index contributed by atoms with van der Waals surface area (Å²) in [5, 5.41) is 23.7. The SMILES string of the molecule is Cn1cc(-c2nc(NC(=O)c3cc4ccc(O)cc4[nH]3)n[nH]2)cn1. The Kier molecular flexibility index (Phi) is 3.05. The summed E-state index contributed by atoms with van der Waals surface area (Å²) in [5.41, 5.74) is 1.79. The Morgan fingerprint density at radius 1 is 1.33 bits per heavy atom. The zero-order valence-corrected chi connectivity index (χ0v) is 12.6. The maximum Gasteiger partial charge on any atom is 0.274 e. The van der Waals surface area contributed by atoms with E-state index in [1.165, 1.54) is 0 Å². The van der Waals surface area contributed by atoms with E-state index in [1.54, 1.807) is 48.4 Å². The van der Waals surface area contributed by atoms with Gasteiger partial charge in [0.1, 0.15) is 11.4 Å². The van der Waals surface area contributed by atoms with Gasteiger partial charge in [-0.15, -0.1) is 5.10 Å². The molecule has 0 aliphatic heterocycles. The van der Waals surface area contributed by atoms with Crippen LogP contribution in [0.4, 0.5) is 5.95 Å². The summed E-state index contributed by atoms with van der Waals surface area (Å²) in [5.74, 6) is 0.439. The molecule has 9 nitrogen and oxygen atoms in total. The average Bonchev–Trinajstić information content (AvgIpc) is 3.25. The van der Waals surface area contributed by atoms with Crippen molar-refractivity contribution in [2.45, 2.75) is 0 Å². The number of aromatic nitrogens is 6. The third-order valence-electron chi connectivity index (χ3n) is 3.54. The number of aryl methyl sites for hydroxylation is 1. The lowest BCUT2D eigenvalue weighted by molar-refractivity contribution is 0.102. The van der Waals surface area contributed by atoms with Crippen molar-refractivity contribution >= 4 is 22.8 Å². The smallest absolute Gasteiger partial charge is 0.274 e. The summed E-state index contributed by atoms with van der Waals surface area (Å²) < 4.78 is 1.65. The van der Waals surface area contributed by atoms with E-state index < -0.39 is 0 Å². The van der Waals surface area contributed by atoms with E-state index in [9.17, 15) is 9.90 Å². The van der Waals surface area contributed by atoms with Crippen molar-refractivity contribution in [1.29, 1.82) is 0 Å². The highest BCUT2D eigenvalue weighted by Crippen LogP contribution is 2.21. The molecule has 0 spiro atoms.